The lowest BCUT2D eigenvalue weighted by Crippen LogP contribution is -2.35. The summed E-state index contributed by atoms with van der Waals surface area (Å²) in [6.45, 7) is 3.64. The highest BCUT2D eigenvalue weighted by Crippen LogP contribution is 2.43. The Morgan fingerprint density at radius 1 is 1.32 bits per heavy atom. The van der Waals surface area contributed by atoms with E-state index >= 15 is 0 Å². The van der Waals surface area contributed by atoms with Crippen LogP contribution in [0.2, 0.25) is 0 Å². The Hall–Kier alpha value is -1.08. The van der Waals surface area contributed by atoms with Gasteiger partial charge in [-0.15, -0.1) is 0 Å². The Balaban J connectivity index is 1.60. The number of rotatable bonds is 3. The largest absolute Gasteiger partial charge is 0.379 e. The molecule has 3 rings (SSSR count). The third-order valence-electron chi connectivity index (χ3n) is 3.72. The van der Waals surface area contributed by atoms with Gasteiger partial charge < -0.3 is 9.26 Å². The average molecular weight is 273 g/mol. The number of hydrogen-bond acceptors (Lipinski definition) is 5. The summed E-state index contributed by atoms with van der Waals surface area (Å²) < 4.78 is 36.7. The molecule has 1 saturated carbocycles. The predicted octanol–water partition coefficient (Wildman–Crippen LogP) is 1.80. The molecule has 0 N–H and O–H groups in total. The van der Waals surface area contributed by atoms with Crippen molar-refractivity contribution in [1.82, 2.24) is 15.0 Å². The third kappa shape index (κ3) is 3.09. The summed E-state index contributed by atoms with van der Waals surface area (Å²) in [5.41, 5.74) is 0. The standard InChI is InChI=1S/C12H17F2N3O2/c13-12(14)2-1-9(7-12)11-15-10(19-16-11)8-17-3-5-18-6-4-17/h9H,1-8H2. The van der Waals surface area contributed by atoms with E-state index in [2.05, 4.69) is 15.0 Å². The van der Waals surface area contributed by atoms with Crippen LogP contribution in [0.3, 0.4) is 0 Å². The van der Waals surface area contributed by atoms with Crippen LogP contribution in [0.15, 0.2) is 4.52 Å². The lowest BCUT2D eigenvalue weighted by atomic mass is 10.1. The third-order valence-corrected chi connectivity index (χ3v) is 3.72. The number of nitrogens with zero attached hydrogens (tertiary/aromatic N) is 3. The highest BCUT2D eigenvalue weighted by Gasteiger charge is 2.41. The average Bonchev–Trinajstić information content (AvgIpc) is 2.97. The molecule has 7 heteroatoms. The van der Waals surface area contributed by atoms with Crippen LogP contribution in [0, 0.1) is 0 Å². The fourth-order valence-corrected chi connectivity index (χ4v) is 2.62. The van der Waals surface area contributed by atoms with Crippen molar-refractivity contribution in [3.05, 3.63) is 11.7 Å². The molecule has 1 atom stereocenters. The minimum atomic E-state index is -2.57. The second-order valence-corrected chi connectivity index (χ2v) is 5.23. The van der Waals surface area contributed by atoms with E-state index in [0.29, 0.717) is 37.9 Å². The number of aromatic nitrogens is 2. The number of morpholine rings is 1. The molecule has 1 saturated heterocycles. The number of hydrogen-bond donors (Lipinski definition) is 0. The zero-order valence-corrected chi connectivity index (χ0v) is 10.6. The molecule has 2 aliphatic rings. The summed E-state index contributed by atoms with van der Waals surface area (Å²) in [4.78, 5) is 6.42. The van der Waals surface area contributed by atoms with Gasteiger partial charge in [-0.3, -0.25) is 4.90 Å². The molecule has 2 fully saturated rings. The van der Waals surface area contributed by atoms with E-state index in [4.69, 9.17) is 9.26 Å². The molecule has 0 spiro atoms. The van der Waals surface area contributed by atoms with E-state index in [1.54, 1.807) is 0 Å². The number of halogens is 2. The van der Waals surface area contributed by atoms with Crippen LogP contribution in [0.1, 0.15) is 36.9 Å². The first kappa shape index (κ1) is 12.9. The van der Waals surface area contributed by atoms with Gasteiger partial charge in [0.2, 0.25) is 11.8 Å². The second kappa shape index (κ2) is 5.13. The van der Waals surface area contributed by atoms with Gasteiger partial charge in [0, 0.05) is 31.8 Å². The van der Waals surface area contributed by atoms with Crippen LogP contribution in [0.4, 0.5) is 8.78 Å². The van der Waals surface area contributed by atoms with Crippen LogP contribution in [0.25, 0.3) is 0 Å². The molecule has 1 unspecified atom stereocenters. The van der Waals surface area contributed by atoms with Gasteiger partial charge in [0.15, 0.2) is 5.82 Å². The molecule has 1 aliphatic carbocycles. The molecule has 1 aromatic rings. The summed E-state index contributed by atoms with van der Waals surface area (Å²) >= 11 is 0. The minimum absolute atomic E-state index is 0.0784. The van der Waals surface area contributed by atoms with Gasteiger partial charge in [0.25, 0.3) is 0 Å². The summed E-state index contributed by atoms with van der Waals surface area (Å²) in [5.74, 6) is -1.90. The highest BCUT2D eigenvalue weighted by molar-refractivity contribution is 5.01. The Labute approximate surface area is 109 Å². The summed E-state index contributed by atoms with van der Waals surface area (Å²) in [6, 6.07) is 0. The van der Waals surface area contributed by atoms with Crippen LogP contribution in [-0.2, 0) is 11.3 Å². The van der Waals surface area contributed by atoms with Gasteiger partial charge >= 0.3 is 0 Å². The van der Waals surface area contributed by atoms with E-state index in [9.17, 15) is 8.78 Å². The summed E-state index contributed by atoms with van der Waals surface area (Å²) in [7, 11) is 0. The maximum Gasteiger partial charge on any atom is 0.248 e. The smallest absolute Gasteiger partial charge is 0.248 e. The first-order chi connectivity index (χ1) is 9.12. The molecular weight excluding hydrogens is 256 g/mol. The molecule has 2 heterocycles. The molecule has 19 heavy (non-hydrogen) atoms. The number of ether oxygens (including phenoxy) is 1. The Bertz CT molecular complexity index is 432. The lowest BCUT2D eigenvalue weighted by Gasteiger charge is -2.24. The molecule has 5 nitrogen and oxygen atoms in total. The lowest BCUT2D eigenvalue weighted by molar-refractivity contribution is 0.00749. The van der Waals surface area contributed by atoms with Crippen molar-refractivity contribution < 1.29 is 18.0 Å². The molecule has 106 valence electrons. The Morgan fingerprint density at radius 2 is 2.11 bits per heavy atom. The Kier molecular flexibility index (Phi) is 3.49. The fourth-order valence-electron chi connectivity index (χ4n) is 2.62. The predicted molar refractivity (Wildman–Crippen MR) is 61.9 cm³/mol. The van der Waals surface area contributed by atoms with Crippen molar-refractivity contribution in [3.8, 4) is 0 Å². The highest BCUT2D eigenvalue weighted by atomic mass is 19.3. The van der Waals surface area contributed by atoms with Crippen LogP contribution < -0.4 is 0 Å². The SMILES string of the molecule is FC1(F)CCC(c2noc(CN3CCOCC3)n2)C1. The zero-order chi connectivity index (χ0) is 13.3. The van der Waals surface area contributed by atoms with Gasteiger partial charge in [-0.2, -0.15) is 4.98 Å². The maximum absolute atomic E-state index is 13.2. The fraction of sp³-hybridized carbons (Fsp3) is 0.833. The summed E-state index contributed by atoms with van der Waals surface area (Å²) in [6.07, 6.45) is 0.193. The molecule has 1 aliphatic heterocycles. The van der Waals surface area contributed by atoms with Crippen molar-refractivity contribution in [2.45, 2.75) is 37.6 Å². The molecule has 0 radical (unpaired) electrons. The normalized spacial score (nSPS) is 27.8. The van der Waals surface area contributed by atoms with Gasteiger partial charge in [0.05, 0.1) is 19.8 Å². The molecule has 1 aromatic heterocycles. The molecule has 0 amide bonds. The van der Waals surface area contributed by atoms with E-state index in [-0.39, 0.29) is 18.8 Å². The van der Waals surface area contributed by atoms with Crippen molar-refractivity contribution in [3.63, 3.8) is 0 Å². The van der Waals surface area contributed by atoms with Crippen LogP contribution >= 0.6 is 0 Å². The Morgan fingerprint density at radius 3 is 2.79 bits per heavy atom. The van der Waals surface area contributed by atoms with E-state index in [1.807, 2.05) is 0 Å². The monoisotopic (exact) mass is 273 g/mol. The van der Waals surface area contributed by atoms with Crippen molar-refractivity contribution in [1.29, 1.82) is 0 Å². The number of alkyl halides is 2. The quantitative estimate of drug-likeness (QED) is 0.840. The van der Waals surface area contributed by atoms with E-state index < -0.39 is 5.92 Å². The minimum Gasteiger partial charge on any atom is -0.379 e. The maximum atomic E-state index is 13.2. The van der Waals surface area contributed by atoms with Gasteiger partial charge in [-0.25, -0.2) is 8.78 Å². The molecule has 0 bridgehead atoms. The molecule has 0 aromatic carbocycles. The van der Waals surface area contributed by atoms with E-state index in [0.717, 1.165) is 13.1 Å². The summed E-state index contributed by atoms with van der Waals surface area (Å²) in [5, 5.41) is 3.85. The van der Waals surface area contributed by atoms with Crippen molar-refractivity contribution in [2.24, 2.45) is 0 Å². The van der Waals surface area contributed by atoms with E-state index in [1.165, 1.54) is 0 Å². The zero-order valence-electron chi connectivity index (χ0n) is 10.6. The first-order valence-corrected chi connectivity index (χ1v) is 6.63. The second-order valence-electron chi connectivity index (χ2n) is 5.23. The van der Waals surface area contributed by atoms with Gasteiger partial charge in [0.1, 0.15) is 0 Å². The van der Waals surface area contributed by atoms with Crippen LogP contribution in [0.5, 0.6) is 0 Å². The van der Waals surface area contributed by atoms with Gasteiger partial charge in [-0.05, 0) is 6.42 Å². The molecular formula is C12H17F2N3O2. The van der Waals surface area contributed by atoms with Crippen molar-refractivity contribution >= 4 is 0 Å². The first-order valence-electron chi connectivity index (χ1n) is 6.63. The van der Waals surface area contributed by atoms with Crippen molar-refractivity contribution in [2.75, 3.05) is 26.3 Å². The topological polar surface area (TPSA) is 51.4 Å². The van der Waals surface area contributed by atoms with Gasteiger partial charge in [-0.1, -0.05) is 5.16 Å². The van der Waals surface area contributed by atoms with Crippen LogP contribution in [-0.4, -0.2) is 47.3 Å².